The Balaban J connectivity index is 1.82. The molecule has 2 aromatic rings. The molecular formula is C24H33N3O3. The zero-order valence-electron chi connectivity index (χ0n) is 18.4. The van der Waals surface area contributed by atoms with Crippen molar-refractivity contribution in [1.29, 1.82) is 0 Å². The predicted octanol–water partition coefficient (Wildman–Crippen LogP) is 4.18. The fraction of sp³-hybridized carbons (Fsp3) is 0.417. The van der Waals surface area contributed by atoms with Gasteiger partial charge in [-0.3, -0.25) is 9.59 Å². The van der Waals surface area contributed by atoms with Gasteiger partial charge in [0, 0.05) is 38.0 Å². The topological polar surface area (TPSA) is 70.7 Å². The number of aryl methyl sites for hydroxylation is 1. The van der Waals surface area contributed by atoms with Crippen molar-refractivity contribution < 1.29 is 14.3 Å². The lowest BCUT2D eigenvalue weighted by Crippen LogP contribution is -2.22. The highest BCUT2D eigenvalue weighted by Gasteiger charge is 2.07. The van der Waals surface area contributed by atoms with Crippen LogP contribution in [0.25, 0.3) is 0 Å². The molecule has 0 aliphatic carbocycles. The van der Waals surface area contributed by atoms with Crippen LogP contribution >= 0.6 is 0 Å². The lowest BCUT2D eigenvalue weighted by molar-refractivity contribution is -0.128. The number of benzene rings is 2. The van der Waals surface area contributed by atoms with Crippen LogP contribution in [0.3, 0.4) is 0 Å². The minimum atomic E-state index is -0.137. The molecule has 0 bridgehead atoms. The van der Waals surface area contributed by atoms with Crippen molar-refractivity contribution in [3.05, 3.63) is 54.1 Å². The van der Waals surface area contributed by atoms with Gasteiger partial charge in [0.2, 0.25) is 11.8 Å². The van der Waals surface area contributed by atoms with Crippen LogP contribution in [0.2, 0.25) is 0 Å². The smallest absolute Gasteiger partial charge is 0.243 e. The Labute approximate surface area is 179 Å². The Morgan fingerprint density at radius 1 is 1.03 bits per heavy atom. The summed E-state index contributed by atoms with van der Waals surface area (Å²) >= 11 is 0. The van der Waals surface area contributed by atoms with Crippen LogP contribution in [0.1, 0.15) is 32.3 Å². The fourth-order valence-corrected chi connectivity index (χ4v) is 2.78. The number of hydrogen-bond donors (Lipinski definition) is 2. The van der Waals surface area contributed by atoms with E-state index in [0.717, 1.165) is 23.4 Å². The third kappa shape index (κ3) is 8.55. The molecule has 2 N–H and O–H groups in total. The molecule has 0 heterocycles. The van der Waals surface area contributed by atoms with E-state index in [4.69, 9.17) is 4.74 Å². The molecule has 2 rings (SSSR count). The van der Waals surface area contributed by atoms with E-state index in [1.165, 1.54) is 0 Å². The summed E-state index contributed by atoms with van der Waals surface area (Å²) in [5.74, 6) is 1.30. The maximum Gasteiger partial charge on any atom is 0.243 e. The standard InChI is InChI=1S/C24H33N3O3/c1-18(2)13-14-30-22-10-6-9-21(16-22)26-23(28)17-25-20-8-5-7-19(15-20)11-12-24(29)27(3)4/h5-10,15-16,18,25H,11-14,17H2,1-4H3,(H,26,28). The zero-order valence-corrected chi connectivity index (χ0v) is 18.4. The summed E-state index contributed by atoms with van der Waals surface area (Å²) in [6, 6.07) is 15.2. The fourth-order valence-electron chi connectivity index (χ4n) is 2.78. The zero-order chi connectivity index (χ0) is 21.9. The maximum atomic E-state index is 12.3. The minimum absolute atomic E-state index is 0.100. The van der Waals surface area contributed by atoms with Crippen LogP contribution in [0.4, 0.5) is 11.4 Å². The molecule has 0 fully saturated rings. The number of carbonyl (C=O) groups excluding carboxylic acids is 2. The van der Waals surface area contributed by atoms with Crippen molar-refractivity contribution in [2.45, 2.75) is 33.1 Å². The summed E-state index contributed by atoms with van der Waals surface area (Å²) in [6.45, 7) is 5.13. The number of ether oxygens (including phenoxy) is 1. The average molecular weight is 412 g/mol. The molecule has 0 aliphatic heterocycles. The summed E-state index contributed by atoms with van der Waals surface area (Å²) in [5.41, 5.74) is 2.62. The molecular weight excluding hydrogens is 378 g/mol. The largest absolute Gasteiger partial charge is 0.494 e. The third-order valence-electron chi connectivity index (χ3n) is 4.59. The van der Waals surface area contributed by atoms with Crippen molar-refractivity contribution in [3.63, 3.8) is 0 Å². The van der Waals surface area contributed by atoms with Gasteiger partial charge in [-0.1, -0.05) is 32.0 Å². The van der Waals surface area contributed by atoms with Gasteiger partial charge in [-0.25, -0.2) is 0 Å². The first-order valence-corrected chi connectivity index (χ1v) is 10.4. The van der Waals surface area contributed by atoms with Gasteiger partial charge in [-0.15, -0.1) is 0 Å². The maximum absolute atomic E-state index is 12.3. The number of amides is 2. The summed E-state index contributed by atoms with van der Waals surface area (Å²) in [5, 5.41) is 6.03. The number of anilines is 2. The van der Waals surface area contributed by atoms with E-state index >= 15 is 0 Å². The molecule has 30 heavy (non-hydrogen) atoms. The van der Waals surface area contributed by atoms with Crippen molar-refractivity contribution in [2.24, 2.45) is 5.92 Å². The highest BCUT2D eigenvalue weighted by Crippen LogP contribution is 2.18. The highest BCUT2D eigenvalue weighted by atomic mass is 16.5. The van der Waals surface area contributed by atoms with Gasteiger partial charge in [0.25, 0.3) is 0 Å². The molecule has 0 atom stereocenters. The SMILES string of the molecule is CC(C)CCOc1cccc(NC(=O)CNc2cccc(CCC(=O)N(C)C)c2)c1. The minimum Gasteiger partial charge on any atom is -0.494 e. The van der Waals surface area contributed by atoms with Crippen molar-refractivity contribution in [1.82, 2.24) is 4.90 Å². The molecule has 2 aromatic carbocycles. The van der Waals surface area contributed by atoms with Gasteiger partial charge in [0.1, 0.15) is 5.75 Å². The second-order valence-electron chi connectivity index (χ2n) is 7.95. The molecule has 0 saturated carbocycles. The average Bonchev–Trinajstić information content (AvgIpc) is 2.71. The Morgan fingerprint density at radius 2 is 1.77 bits per heavy atom. The monoisotopic (exact) mass is 411 g/mol. The van der Waals surface area contributed by atoms with E-state index in [-0.39, 0.29) is 18.4 Å². The van der Waals surface area contributed by atoms with Crippen LogP contribution in [-0.4, -0.2) is 44.0 Å². The molecule has 162 valence electrons. The Kier molecular flexibility index (Phi) is 9.19. The molecule has 6 nitrogen and oxygen atoms in total. The van der Waals surface area contributed by atoms with Crippen molar-refractivity contribution >= 4 is 23.2 Å². The van der Waals surface area contributed by atoms with Gasteiger partial charge >= 0.3 is 0 Å². The van der Waals surface area contributed by atoms with E-state index in [2.05, 4.69) is 24.5 Å². The second kappa shape index (κ2) is 11.9. The molecule has 0 radical (unpaired) electrons. The van der Waals surface area contributed by atoms with Gasteiger partial charge in [0.05, 0.1) is 13.2 Å². The third-order valence-corrected chi connectivity index (χ3v) is 4.59. The molecule has 0 unspecified atom stereocenters. The Morgan fingerprint density at radius 3 is 2.50 bits per heavy atom. The summed E-state index contributed by atoms with van der Waals surface area (Å²) < 4.78 is 5.74. The predicted molar refractivity (Wildman–Crippen MR) is 122 cm³/mol. The van der Waals surface area contributed by atoms with E-state index in [9.17, 15) is 9.59 Å². The lowest BCUT2D eigenvalue weighted by Gasteiger charge is -2.12. The number of carbonyl (C=O) groups is 2. The first-order chi connectivity index (χ1) is 14.3. The van der Waals surface area contributed by atoms with Crippen LogP contribution in [0.5, 0.6) is 5.75 Å². The van der Waals surface area contributed by atoms with Gasteiger partial charge in [-0.2, -0.15) is 0 Å². The van der Waals surface area contributed by atoms with Gasteiger partial charge in [-0.05, 0) is 48.6 Å². The number of rotatable bonds is 11. The van der Waals surface area contributed by atoms with Crippen molar-refractivity contribution in [2.75, 3.05) is 37.9 Å². The van der Waals surface area contributed by atoms with E-state index < -0.39 is 0 Å². The first kappa shape index (κ1) is 23.3. The summed E-state index contributed by atoms with van der Waals surface area (Å²) in [4.78, 5) is 25.7. The Bertz CT molecular complexity index is 834. The molecule has 2 amide bonds. The normalized spacial score (nSPS) is 10.6. The first-order valence-electron chi connectivity index (χ1n) is 10.4. The molecule has 0 spiro atoms. The number of nitrogens with zero attached hydrogens (tertiary/aromatic N) is 1. The van der Waals surface area contributed by atoms with E-state index in [1.807, 2.05) is 48.5 Å². The molecule has 6 heteroatoms. The van der Waals surface area contributed by atoms with E-state index in [1.54, 1.807) is 19.0 Å². The lowest BCUT2D eigenvalue weighted by atomic mass is 10.1. The summed E-state index contributed by atoms with van der Waals surface area (Å²) in [7, 11) is 3.51. The van der Waals surface area contributed by atoms with Crippen LogP contribution in [0, 0.1) is 5.92 Å². The molecule has 0 saturated heterocycles. The quantitative estimate of drug-likeness (QED) is 0.582. The van der Waals surface area contributed by atoms with Gasteiger partial charge < -0.3 is 20.3 Å². The second-order valence-corrected chi connectivity index (χ2v) is 7.95. The van der Waals surface area contributed by atoms with Gasteiger partial charge in [0.15, 0.2) is 0 Å². The molecule has 0 aliphatic rings. The van der Waals surface area contributed by atoms with Crippen molar-refractivity contribution in [3.8, 4) is 5.75 Å². The molecule has 0 aromatic heterocycles. The van der Waals surface area contributed by atoms with E-state index in [0.29, 0.717) is 31.1 Å². The summed E-state index contributed by atoms with van der Waals surface area (Å²) in [6.07, 6.45) is 2.12. The van der Waals surface area contributed by atoms with Crippen LogP contribution in [-0.2, 0) is 16.0 Å². The highest BCUT2D eigenvalue weighted by molar-refractivity contribution is 5.93. The van der Waals surface area contributed by atoms with Crippen LogP contribution in [0.15, 0.2) is 48.5 Å². The Hall–Kier alpha value is -3.02. The number of nitrogens with one attached hydrogen (secondary N) is 2. The van der Waals surface area contributed by atoms with Crippen LogP contribution < -0.4 is 15.4 Å². The number of hydrogen-bond acceptors (Lipinski definition) is 4.